The quantitative estimate of drug-likeness (QED) is 0.657. The fraction of sp³-hybridized carbons (Fsp3) is 0.333. The van der Waals surface area contributed by atoms with Crippen LogP contribution in [0.3, 0.4) is 0 Å². The molecule has 2 aromatic rings. The number of halogens is 1. The minimum absolute atomic E-state index is 0.00137. The summed E-state index contributed by atoms with van der Waals surface area (Å²) in [5.74, 6) is -1.26. The van der Waals surface area contributed by atoms with Gasteiger partial charge in [-0.05, 0) is 43.7 Å². The summed E-state index contributed by atoms with van der Waals surface area (Å²) in [5.41, 5.74) is 2.13. The van der Waals surface area contributed by atoms with E-state index in [9.17, 15) is 18.0 Å². The van der Waals surface area contributed by atoms with E-state index in [1.54, 1.807) is 19.1 Å². The van der Waals surface area contributed by atoms with E-state index in [4.69, 9.17) is 21.1 Å². The number of rotatable bonds is 6. The summed E-state index contributed by atoms with van der Waals surface area (Å²) in [6.45, 7) is 4.23. The van der Waals surface area contributed by atoms with Crippen molar-refractivity contribution in [2.45, 2.75) is 18.7 Å². The molecule has 10 heteroatoms. The molecule has 0 aromatic heterocycles. The molecule has 0 spiro atoms. The molecule has 2 aromatic carbocycles. The standard InChI is InChI=1S/C21H23ClN2O6S/c1-14-3-4-15(2)17(11-14)21(26)30-13-20(25)23-19-12-16(5-6-18(19)22)31(27,28)24-7-9-29-10-8-24/h3-6,11-12H,7-10,13H2,1-2H3,(H,23,25). The molecule has 166 valence electrons. The predicted molar refractivity (Wildman–Crippen MR) is 116 cm³/mol. The Morgan fingerprint density at radius 1 is 1.13 bits per heavy atom. The average molecular weight is 467 g/mol. The molecule has 0 bridgehead atoms. The normalized spacial score (nSPS) is 14.8. The first kappa shape index (κ1) is 23.2. The predicted octanol–water partition coefficient (Wildman–Crippen LogP) is 2.77. The minimum Gasteiger partial charge on any atom is -0.452 e. The van der Waals surface area contributed by atoms with Gasteiger partial charge in [0.1, 0.15) is 0 Å². The Kier molecular flexibility index (Phi) is 7.32. The van der Waals surface area contributed by atoms with Crippen molar-refractivity contribution in [3.63, 3.8) is 0 Å². The van der Waals surface area contributed by atoms with E-state index >= 15 is 0 Å². The molecule has 0 saturated carbocycles. The van der Waals surface area contributed by atoms with Gasteiger partial charge in [-0.15, -0.1) is 0 Å². The van der Waals surface area contributed by atoms with Crippen molar-refractivity contribution in [3.8, 4) is 0 Å². The van der Waals surface area contributed by atoms with Crippen LogP contribution in [0.4, 0.5) is 5.69 Å². The summed E-state index contributed by atoms with van der Waals surface area (Å²) in [5, 5.41) is 2.66. The molecule has 3 rings (SSSR count). The van der Waals surface area contributed by atoms with Crippen LogP contribution >= 0.6 is 11.6 Å². The van der Waals surface area contributed by atoms with Gasteiger partial charge in [-0.1, -0.05) is 29.3 Å². The molecular formula is C21H23ClN2O6S. The summed E-state index contributed by atoms with van der Waals surface area (Å²) in [4.78, 5) is 24.6. The maximum atomic E-state index is 12.8. The second kappa shape index (κ2) is 9.78. The SMILES string of the molecule is Cc1ccc(C)c(C(=O)OCC(=O)Nc2cc(S(=O)(=O)N3CCOCC3)ccc2Cl)c1. The molecule has 0 atom stereocenters. The Morgan fingerprint density at radius 3 is 2.55 bits per heavy atom. The first-order chi connectivity index (χ1) is 14.7. The molecule has 0 aliphatic carbocycles. The van der Waals surface area contributed by atoms with E-state index < -0.39 is 28.5 Å². The van der Waals surface area contributed by atoms with Crippen molar-refractivity contribution in [1.29, 1.82) is 0 Å². The van der Waals surface area contributed by atoms with Crippen LogP contribution in [-0.2, 0) is 24.3 Å². The number of hydrogen-bond acceptors (Lipinski definition) is 6. The van der Waals surface area contributed by atoms with E-state index in [2.05, 4.69) is 5.32 Å². The maximum Gasteiger partial charge on any atom is 0.338 e. The highest BCUT2D eigenvalue weighted by Gasteiger charge is 2.27. The lowest BCUT2D eigenvalue weighted by Gasteiger charge is -2.26. The van der Waals surface area contributed by atoms with Gasteiger partial charge >= 0.3 is 5.97 Å². The zero-order chi connectivity index (χ0) is 22.6. The number of sulfonamides is 1. The van der Waals surface area contributed by atoms with Crippen molar-refractivity contribution in [3.05, 3.63) is 58.1 Å². The first-order valence-corrected chi connectivity index (χ1v) is 11.4. The number of morpholine rings is 1. The highest BCUT2D eigenvalue weighted by Crippen LogP contribution is 2.27. The van der Waals surface area contributed by atoms with Gasteiger partial charge in [-0.25, -0.2) is 13.2 Å². The van der Waals surface area contributed by atoms with Crippen LogP contribution in [0.25, 0.3) is 0 Å². The Bertz CT molecular complexity index is 1100. The van der Waals surface area contributed by atoms with Gasteiger partial charge in [-0.2, -0.15) is 4.31 Å². The Hall–Kier alpha value is -2.46. The number of esters is 1. The third-order valence-corrected chi connectivity index (χ3v) is 6.99. The maximum absolute atomic E-state index is 12.8. The van der Waals surface area contributed by atoms with Crippen molar-refractivity contribution in [1.82, 2.24) is 4.31 Å². The molecule has 1 fully saturated rings. The largest absolute Gasteiger partial charge is 0.452 e. The topological polar surface area (TPSA) is 102 Å². The van der Waals surface area contributed by atoms with Crippen LogP contribution < -0.4 is 5.32 Å². The second-order valence-corrected chi connectivity index (χ2v) is 9.45. The number of ether oxygens (including phenoxy) is 2. The number of amides is 1. The van der Waals surface area contributed by atoms with Crippen LogP contribution in [0.1, 0.15) is 21.5 Å². The van der Waals surface area contributed by atoms with Crippen LogP contribution in [0, 0.1) is 13.8 Å². The van der Waals surface area contributed by atoms with Crippen molar-refractivity contribution >= 4 is 39.2 Å². The fourth-order valence-corrected chi connectivity index (χ4v) is 4.65. The van der Waals surface area contributed by atoms with E-state index in [1.807, 2.05) is 13.0 Å². The van der Waals surface area contributed by atoms with Crippen LogP contribution in [0.15, 0.2) is 41.3 Å². The molecule has 0 radical (unpaired) electrons. The lowest BCUT2D eigenvalue weighted by atomic mass is 10.1. The lowest BCUT2D eigenvalue weighted by molar-refractivity contribution is -0.119. The Morgan fingerprint density at radius 2 is 1.84 bits per heavy atom. The van der Waals surface area contributed by atoms with Gasteiger partial charge in [0.05, 0.1) is 34.4 Å². The van der Waals surface area contributed by atoms with E-state index in [1.165, 1.54) is 22.5 Å². The van der Waals surface area contributed by atoms with Crippen LogP contribution in [-0.4, -0.2) is 57.5 Å². The molecule has 1 N–H and O–H groups in total. The summed E-state index contributed by atoms with van der Waals surface area (Å²) in [7, 11) is -3.75. The zero-order valence-electron chi connectivity index (χ0n) is 17.2. The molecule has 1 aliphatic heterocycles. The molecule has 1 saturated heterocycles. The number of anilines is 1. The van der Waals surface area contributed by atoms with Gasteiger partial charge in [0.25, 0.3) is 5.91 Å². The smallest absolute Gasteiger partial charge is 0.338 e. The summed E-state index contributed by atoms with van der Waals surface area (Å²) in [6.07, 6.45) is 0. The Balaban J connectivity index is 1.68. The summed E-state index contributed by atoms with van der Waals surface area (Å²) < 4.78 is 37.2. The number of hydrogen-bond donors (Lipinski definition) is 1. The molecule has 1 amide bonds. The van der Waals surface area contributed by atoms with Crippen molar-refractivity contribution in [2.24, 2.45) is 0 Å². The number of benzene rings is 2. The molecule has 0 unspecified atom stereocenters. The fourth-order valence-electron chi connectivity index (χ4n) is 3.05. The number of nitrogens with one attached hydrogen (secondary N) is 1. The second-order valence-electron chi connectivity index (χ2n) is 7.10. The van der Waals surface area contributed by atoms with E-state index in [0.717, 1.165) is 11.1 Å². The van der Waals surface area contributed by atoms with Crippen molar-refractivity contribution in [2.75, 3.05) is 38.2 Å². The third kappa shape index (κ3) is 5.62. The lowest BCUT2D eigenvalue weighted by Crippen LogP contribution is -2.40. The molecule has 1 heterocycles. The van der Waals surface area contributed by atoms with Crippen LogP contribution in [0.2, 0.25) is 5.02 Å². The highest BCUT2D eigenvalue weighted by molar-refractivity contribution is 7.89. The van der Waals surface area contributed by atoms with Crippen LogP contribution in [0.5, 0.6) is 0 Å². The Labute approximate surface area is 186 Å². The van der Waals surface area contributed by atoms with Gasteiger partial charge in [0, 0.05) is 13.1 Å². The third-order valence-electron chi connectivity index (χ3n) is 4.77. The number of carbonyl (C=O) groups excluding carboxylic acids is 2. The number of aryl methyl sites for hydroxylation is 2. The number of nitrogens with zero attached hydrogens (tertiary/aromatic N) is 1. The monoisotopic (exact) mass is 466 g/mol. The average Bonchev–Trinajstić information content (AvgIpc) is 2.75. The van der Waals surface area contributed by atoms with Gasteiger partial charge in [-0.3, -0.25) is 4.79 Å². The van der Waals surface area contributed by atoms with E-state index in [-0.39, 0.29) is 28.7 Å². The summed E-state index contributed by atoms with van der Waals surface area (Å²) in [6, 6.07) is 9.42. The van der Waals surface area contributed by atoms with Gasteiger partial charge in [0.15, 0.2) is 6.61 Å². The zero-order valence-corrected chi connectivity index (χ0v) is 18.8. The highest BCUT2D eigenvalue weighted by atomic mass is 35.5. The summed E-state index contributed by atoms with van der Waals surface area (Å²) >= 11 is 6.12. The molecule has 8 nitrogen and oxygen atoms in total. The van der Waals surface area contributed by atoms with Gasteiger partial charge < -0.3 is 14.8 Å². The molecular weight excluding hydrogens is 444 g/mol. The number of carbonyl (C=O) groups is 2. The van der Waals surface area contributed by atoms with Crippen molar-refractivity contribution < 1.29 is 27.5 Å². The van der Waals surface area contributed by atoms with Gasteiger partial charge in [0.2, 0.25) is 10.0 Å². The molecule has 1 aliphatic rings. The minimum atomic E-state index is -3.75. The first-order valence-electron chi connectivity index (χ1n) is 9.60. The van der Waals surface area contributed by atoms with E-state index in [0.29, 0.717) is 18.8 Å². The molecule has 31 heavy (non-hydrogen) atoms.